The Morgan fingerprint density at radius 3 is 2.47 bits per heavy atom. The van der Waals surface area contributed by atoms with Gasteiger partial charge in [0.05, 0.1) is 6.10 Å². The molecule has 0 radical (unpaired) electrons. The molecule has 15 heavy (non-hydrogen) atoms. The summed E-state index contributed by atoms with van der Waals surface area (Å²) in [4.78, 5) is 2.69. The van der Waals surface area contributed by atoms with Crippen LogP contribution in [0.3, 0.4) is 0 Å². The van der Waals surface area contributed by atoms with Crippen LogP contribution in [0.15, 0.2) is 0 Å². The van der Waals surface area contributed by atoms with Crippen molar-refractivity contribution in [1.29, 1.82) is 0 Å². The van der Waals surface area contributed by atoms with Gasteiger partial charge in [0, 0.05) is 19.7 Å². The first-order chi connectivity index (χ1) is 7.03. The Bertz CT molecular complexity index is 221. The number of hydrogen-bond donors (Lipinski definition) is 0. The maximum atomic E-state index is 5.35. The molecule has 2 heteroatoms. The van der Waals surface area contributed by atoms with E-state index >= 15 is 0 Å². The van der Waals surface area contributed by atoms with Gasteiger partial charge in [-0.1, -0.05) is 20.8 Å². The Balaban J connectivity index is 1.86. The molecule has 0 amide bonds. The summed E-state index contributed by atoms with van der Waals surface area (Å²) < 4.78 is 5.35. The van der Waals surface area contributed by atoms with E-state index in [1.165, 1.54) is 32.4 Å². The molecule has 1 heterocycles. The molecule has 0 aromatic heterocycles. The van der Waals surface area contributed by atoms with Crippen LogP contribution >= 0.6 is 0 Å². The first kappa shape index (κ1) is 11.4. The molecule has 0 spiro atoms. The fourth-order valence-electron chi connectivity index (χ4n) is 2.85. The molecule has 1 saturated heterocycles. The Morgan fingerprint density at radius 1 is 1.27 bits per heavy atom. The smallest absolute Gasteiger partial charge is 0.0601 e. The molecule has 1 aliphatic carbocycles. The highest BCUT2D eigenvalue weighted by molar-refractivity contribution is 4.93. The minimum atomic E-state index is 0.496. The van der Waals surface area contributed by atoms with Gasteiger partial charge in [-0.05, 0) is 37.1 Å². The number of rotatable bonds is 2. The summed E-state index contributed by atoms with van der Waals surface area (Å²) in [6, 6.07) is 0.807. The topological polar surface area (TPSA) is 12.5 Å². The molecular weight excluding hydrogens is 186 g/mol. The van der Waals surface area contributed by atoms with Crippen LogP contribution < -0.4 is 0 Å². The Hall–Kier alpha value is -0.0800. The molecule has 2 rings (SSSR count). The molecule has 0 bridgehead atoms. The summed E-state index contributed by atoms with van der Waals surface area (Å²) in [6.45, 7) is 9.80. The number of hydrogen-bond acceptors (Lipinski definition) is 2. The average Bonchev–Trinajstić information content (AvgIpc) is 2.09. The summed E-state index contributed by atoms with van der Waals surface area (Å²) in [5.41, 5.74) is 0.496. The van der Waals surface area contributed by atoms with E-state index in [9.17, 15) is 0 Å². The second kappa shape index (κ2) is 4.06. The SMILES string of the molecule is COC1CC(N2CC[C@@H](C)C(C)(C)C2)C1. The Morgan fingerprint density at radius 2 is 1.93 bits per heavy atom. The monoisotopic (exact) mass is 211 g/mol. The van der Waals surface area contributed by atoms with Crippen molar-refractivity contribution in [2.24, 2.45) is 11.3 Å². The van der Waals surface area contributed by atoms with Crippen molar-refractivity contribution in [2.75, 3.05) is 20.2 Å². The van der Waals surface area contributed by atoms with E-state index in [1.807, 2.05) is 7.11 Å². The van der Waals surface area contributed by atoms with E-state index < -0.39 is 0 Å². The van der Waals surface area contributed by atoms with E-state index in [0.717, 1.165) is 12.0 Å². The van der Waals surface area contributed by atoms with Crippen LogP contribution in [0.2, 0.25) is 0 Å². The third-order valence-corrected chi connectivity index (χ3v) is 4.71. The van der Waals surface area contributed by atoms with Crippen molar-refractivity contribution in [2.45, 2.75) is 52.2 Å². The van der Waals surface area contributed by atoms with Crippen molar-refractivity contribution in [3.63, 3.8) is 0 Å². The lowest BCUT2D eigenvalue weighted by atomic mass is 9.73. The molecule has 1 atom stereocenters. The van der Waals surface area contributed by atoms with Gasteiger partial charge in [-0.15, -0.1) is 0 Å². The molecular formula is C13H25NO. The van der Waals surface area contributed by atoms with Crippen molar-refractivity contribution in [1.82, 2.24) is 4.90 Å². The van der Waals surface area contributed by atoms with Gasteiger partial charge in [0.1, 0.15) is 0 Å². The highest BCUT2D eigenvalue weighted by Crippen LogP contribution is 2.38. The number of likely N-dealkylation sites (tertiary alicyclic amines) is 1. The zero-order valence-corrected chi connectivity index (χ0v) is 10.6. The molecule has 0 aromatic carbocycles. The van der Waals surface area contributed by atoms with Gasteiger partial charge in [0.2, 0.25) is 0 Å². The quantitative estimate of drug-likeness (QED) is 0.696. The van der Waals surface area contributed by atoms with Crippen LogP contribution in [-0.4, -0.2) is 37.2 Å². The zero-order chi connectivity index (χ0) is 11.1. The molecule has 0 N–H and O–H groups in total. The standard InChI is InChI=1S/C13H25NO/c1-10-5-6-14(9-13(10,2)3)11-7-12(8-11)15-4/h10-12H,5-9H2,1-4H3/t10-,11?,12?/m1/s1. The molecule has 88 valence electrons. The van der Waals surface area contributed by atoms with Gasteiger partial charge < -0.3 is 4.74 Å². The van der Waals surface area contributed by atoms with E-state index in [0.29, 0.717) is 11.5 Å². The zero-order valence-electron chi connectivity index (χ0n) is 10.6. The minimum Gasteiger partial charge on any atom is -0.381 e. The predicted octanol–water partition coefficient (Wildman–Crippen LogP) is 2.53. The second-order valence-corrected chi connectivity index (χ2v) is 6.13. The molecule has 1 saturated carbocycles. The van der Waals surface area contributed by atoms with E-state index in [1.54, 1.807) is 0 Å². The van der Waals surface area contributed by atoms with Crippen molar-refractivity contribution >= 4 is 0 Å². The van der Waals surface area contributed by atoms with Crippen LogP contribution in [0.1, 0.15) is 40.0 Å². The van der Waals surface area contributed by atoms with Gasteiger partial charge in [0.15, 0.2) is 0 Å². The van der Waals surface area contributed by atoms with Crippen molar-refractivity contribution in [3.05, 3.63) is 0 Å². The molecule has 0 aromatic rings. The number of ether oxygens (including phenoxy) is 1. The van der Waals surface area contributed by atoms with Crippen molar-refractivity contribution in [3.8, 4) is 0 Å². The highest BCUT2D eigenvalue weighted by Gasteiger charge is 2.40. The molecule has 2 fully saturated rings. The lowest BCUT2D eigenvalue weighted by Crippen LogP contribution is -2.54. The number of nitrogens with zero attached hydrogens (tertiary/aromatic N) is 1. The van der Waals surface area contributed by atoms with Crippen molar-refractivity contribution < 1.29 is 4.74 Å². The highest BCUT2D eigenvalue weighted by atomic mass is 16.5. The van der Waals surface area contributed by atoms with Crippen LogP contribution in [0.4, 0.5) is 0 Å². The lowest BCUT2D eigenvalue weighted by Gasteiger charge is -2.50. The van der Waals surface area contributed by atoms with Gasteiger partial charge >= 0.3 is 0 Å². The summed E-state index contributed by atoms with van der Waals surface area (Å²) in [5.74, 6) is 0.868. The van der Waals surface area contributed by atoms with Crippen LogP contribution in [-0.2, 0) is 4.74 Å². The van der Waals surface area contributed by atoms with Crippen LogP contribution in [0.25, 0.3) is 0 Å². The van der Waals surface area contributed by atoms with E-state index in [2.05, 4.69) is 25.7 Å². The third kappa shape index (κ3) is 2.21. The minimum absolute atomic E-state index is 0.496. The summed E-state index contributed by atoms with van der Waals surface area (Å²) in [5, 5.41) is 0. The lowest BCUT2D eigenvalue weighted by molar-refractivity contribution is -0.0582. The average molecular weight is 211 g/mol. The summed E-state index contributed by atoms with van der Waals surface area (Å²) >= 11 is 0. The van der Waals surface area contributed by atoms with E-state index in [-0.39, 0.29) is 0 Å². The maximum absolute atomic E-state index is 5.35. The number of piperidine rings is 1. The largest absolute Gasteiger partial charge is 0.381 e. The van der Waals surface area contributed by atoms with Crippen LogP contribution in [0, 0.1) is 11.3 Å². The summed E-state index contributed by atoms with van der Waals surface area (Å²) in [6.07, 6.45) is 4.40. The third-order valence-electron chi connectivity index (χ3n) is 4.71. The molecule has 2 nitrogen and oxygen atoms in total. The normalized spacial score (nSPS) is 41.2. The summed E-state index contributed by atoms with van der Waals surface area (Å²) in [7, 11) is 1.84. The van der Waals surface area contributed by atoms with Crippen LogP contribution in [0.5, 0.6) is 0 Å². The van der Waals surface area contributed by atoms with Gasteiger partial charge in [-0.25, -0.2) is 0 Å². The predicted molar refractivity (Wildman–Crippen MR) is 63.0 cm³/mol. The molecule has 1 aliphatic heterocycles. The number of methoxy groups -OCH3 is 1. The van der Waals surface area contributed by atoms with Gasteiger partial charge in [-0.2, -0.15) is 0 Å². The van der Waals surface area contributed by atoms with E-state index in [4.69, 9.17) is 4.74 Å². The fraction of sp³-hybridized carbons (Fsp3) is 1.00. The van der Waals surface area contributed by atoms with Gasteiger partial charge in [-0.3, -0.25) is 4.90 Å². The Kier molecular flexibility index (Phi) is 3.09. The first-order valence-electron chi connectivity index (χ1n) is 6.30. The molecule has 0 unspecified atom stereocenters. The van der Waals surface area contributed by atoms with Gasteiger partial charge in [0.25, 0.3) is 0 Å². The molecule has 2 aliphatic rings. The Labute approximate surface area is 94.0 Å². The second-order valence-electron chi connectivity index (χ2n) is 6.13. The fourth-order valence-corrected chi connectivity index (χ4v) is 2.85. The maximum Gasteiger partial charge on any atom is 0.0601 e. The first-order valence-corrected chi connectivity index (χ1v) is 6.30.